The molecule has 7 nitrogen and oxygen atoms in total. The molecule has 31 heavy (non-hydrogen) atoms. The smallest absolute Gasteiger partial charge is 0.243 e. The van der Waals surface area contributed by atoms with Crippen LogP contribution in [0.25, 0.3) is 11.0 Å². The molecule has 1 amide bonds. The first-order chi connectivity index (χ1) is 14.9. The van der Waals surface area contributed by atoms with E-state index in [2.05, 4.69) is 34.7 Å². The molecule has 158 valence electrons. The summed E-state index contributed by atoms with van der Waals surface area (Å²) in [4.78, 5) is 13.1. The number of anilines is 1. The average molecular weight is 517 g/mol. The fourth-order valence-corrected chi connectivity index (χ4v) is 5.41. The van der Waals surface area contributed by atoms with Gasteiger partial charge < -0.3 is 5.32 Å². The quantitative estimate of drug-likeness (QED) is 0.386. The largest absolute Gasteiger partial charge is 0.324 e. The molecule has 0 aliphatic heterocycles. The number of nitrogens with one attached hydrogen (secondary N) is 2. The number of aromatic nitrogens is 2. The number of para-hydroxylation sites is 1. The molecule has 0 bridgehead atoms. The molecule has 0 saturated heterocycles. The Morgan fingerprint density at radius 2 is 1.71 bits per heavy atom. The number of hydrogen-bond acceptors (Lipinski definition) is 6. The van der Waals surface area contributed by atoms with Crippen LogP contribution in [0.1, 0.15) is 5.56 Å². The van der Waals surface area contributed by atoms with Crippen LogP contribution in [0.15, 0.2) is 82.2 Å². The minimum absolute atomic E-state index is 0.00879. The molecule has 0 radical (unpaired) electrons. The fraction of sp³-hybridized carbons (Fsp3) is 0.0952. The van der Waals surface area contributed by atoms with Gasteiger partial charge in [0.25, 0.3) is 0 Å². The van der Waals surface area contributed by atoms with E-state index < -0.39 is 22.0 Å². The number of amides is 1. The second kappa shape index (κ2) is 9.23. The third-order valence-corrected chi connectivity index (χ3v) is 7.30. The second-order valence-electron chi connectivity index (χ2n) is 6.72. The molecular formula is C21H17BrN4O3S2. The first-order valence-corrected chi connectivity index (χ1v) is 12.3. The zero-order valence-electron chi connectivity index (χ0n) is 16.0. The number of benzene rings is 3. The minimum Gasteiger partial charge on any atom is -0.324 e. The Morgan fingerprint density at radius 1 is 0.968 bits per heavy atom. The van der Waals surface area contributed by atoms with Gasteiger partial charge in [0.1, 0.15) is 22.0 Å². The molecule has 1 aromatic heterocycles. The van der Waals surface area contributed by atoms with Crippen molar-refractivity contribution in [2.75, 3.05) is 5.32 Å². The summed E-state index contributed by atoms with van der Waals surface area (Å²) in [7, 11) is -4.04. The van der Waals surface area contributed by atoms with Crippen molar-refractivity contribution < 1.29 is 13.2 Å². The van der Waals surface area contributed by atoms with Gasteiger partial charge in [-0.3, -0.25) is 4.79 Å². The maximum absolute atomic E-state index is 13.2. The van der Waals surface area contributed by atoms with E-state index in [4.69, 9.17) is 0 Å². The summed E-state index contributed by atoms with van der Waals surface area (Å²) in [6, 6.07) is 20.1. The maximum atomic E-state index is 13.2. The number of carbonyl (C=O) groups is 1. The molecular weight excluding hydrogens is 500 g/mol. The van der Waals surface area contributed by atoms with Crippen LogP contribution in [0.3, 0.4) is 0 Å². The number of carbonyl (C=O) groups excluding carboxylic acids is 1. The van der Waals surface area contributed by atoms with E-state index in [-0.39, 0.29) is 16.8 Å². The summed E-state index contributed by atoms with van der Waals surface area (Å²) in [5, 5.41) is 2.80. The van der Waals surface area contributed by atoms with Crippen molar-refractivity contribution in [3.63, 3.8) is 0 Å². The van der Waals surface area contributed by atoms with Crippen molar-refractivity contribution in [3.05, 3.63) is 82.8 Å². The molecule has 10 heteroatoms. The summed E-state index contributed by atoms with van der Waals surface area (Å²) in [6.45, 7) is 0. The van der Waals surface area contributed by atoms with E-state index >= 15 is 0 Å². The van der Waals surface area contributed by atoms with Gasteiger partial charge in [0.05, 0.1) is 17.4 Å². The molecule has 0 aliphatic rings. The SMILES string of the molecule is O=C(Nc1ccccc1Br)[C@H](Cc1ccccc1)NS(=O)(=O)c1cccc2nsnc12. The molecule has 2 N–H and O–H groups in total. The van der Waals surface area contributed by atoms with Crippen molar-refractivity contribution in [2.45, 2.75) is 17.4 Å². The van der Waals surface area contributed by atoms with Gasteiger partial charge >= 0.3 is 0 Å². The highest BCUT2D eigenvalue weighted by Crippen LogP contribution is 2.23. The highest BCUT2D eigenvalue weighted by Gasteiger charge is 2.28. The summed E-state index contributed by atoms with van der Waals surface area (Å²) >= 11 is 4.33. The van der Waals surface area contributed by atoms with E-state index in [0.717, 1.165) is 17.3 Å². The Kier molecular flexibility index (Phi) is 6.42. The van der Waals surface area contributed by atoms with Crippen LogP contribution in [0.2, 0.25) is 0 Å². The van der Waals surface area contributed by atoms with Crippen molar-refractivity contribution in [2.24, 2.45) is 0 Å². The van der Waals surface area contributed by atoms with Gasteiger partial charge in [0, 0.05) is 4.47 Å². The number of nitrogens with zero attached hydrogens (tertiary/aromatic N) is 2. The third-order valence-electron chi connectivity index (χ3n) is 4.57. The molecule has 0 aliphatic carbocycles. The molecule has 0 spiro atoms. The summed E-state index contributed by atoms with van der Waals surface area (Å²) < 4.78 is 37.9. The van der Waals surface area contributed by atoms with Crippen molar-refractivity contribution in [1.82, 2.24) is 13.5 Å². The number of fused-ring (bicyclic) bond motifs is 1. The number of hydrogen-bond donors (Lipinski definition) is 2. The van der Waals surface area contributed by atoms with Crippen LogP contribution in [0, 0.1) is 0 Å². The standard InChI is InChI=1S/C21H17BrN4O3S2/c22-15-9-4-5-10-16(15)23-21(27)18(13-14-7-2-1-3-8-14)26-31(28,29)19-12-6-11-17-20(19)25-30-24-17/h1-12,18,26H,13H2,(H,23,27)/t18-/m0/s1. The molecule has 4 rings (SSSR count). The van der Waals surface area contributed by atoms with Crippen LogP contribution in [-0.4, -0.2) is 29.1 Å². The lowest BCUT2D eigenvalue weighted by Gasteiger charge is -2.19. The fourth-order valence-electron chi connectivity index (χ4n) is 3.07. The second-order valence-corrected chi connectivity index (χ2v) is 9.79. The highest BCUT2D eigenvalue weighted by atomic mass is 79.9. The topological polar surface area (TPSA) is 101 Å². The molecule has 1 heterocycles. The monoisotopic (exact) mass is 516 g/mol. The number of sulfonamides is 1. The Balaban J connectivity index is 1.66. The van der Waals surface area contributed by atoms with E-state index in [1.54, 1.807) is 30.3 Å². The molecule has 1 atom stereocenters. The lowest BCUT2D eigenvalue weighted by molar-refractivity contribution is -0.117. The first-order valence-electron chi connectivity index (χ1n) is 9.27. The lowest BCUT2D eigenvalue weighted by Crippen LogP contribution is -2.45. The third kappa shape index (κ3) is 4.99. The number of halogens is 1. The zero-order chi connectivity index (χ0) is 21.8. The normalized spacial score (nSPS) is 12.5. The van der Waals surface area contributed by atoms with Crippen LogP contribution in [0.5, 0.6) is 0 Å². The van der Waals surface area contributed by atoms with Gasteiger partial charge in [-0.15, -0.1) is 0 Å². The van der Waals surface area contributed by atoms with Crippen molar-refractivity contribution in [1.29, 1.82) is 0 Å². The van der Waals surface area contributed by atoms with E-state index in [0.29, 0.717) is 15.7 Å². The van der Waals surface area contributed by atoms with Crippen molar-refractivity contribution >= 4 is 60.3 Å². The molecule has 0 fully saturated rings. The average Bonchev–Trinajstić information content (AvgIpc) is 3.24. The Morgan fingerprint density at radius 3 is 2.48 bits per heavy atom. The van der Waals surface area contributed by atoms with Crippen LogP contribution < -0.4 is 10.0 Å². The van der Waals surface area contributed by atoms with E-state index in [1.807, 2.05) is 36.4 Å². The van der Waals surface area contributed by atoms with E-state index in [9.17, 15) is 13.2 Å². The number of rotatable bonds is 7. The first kappa shape index (κ1) is 21.6. The van der Waals surface area contributed by atoms with Crippen LogP contribution >= 0.6 is 27.7 Å². The van der Waals surface area contributed by atoms with Crippen LogP contribution in [0.4, 0.5) is 5.69 Å². The van der Waals surface area contributed by atoms with Crippen molar-refractivity contribution in [3.8, 4) is 0 Å². The molecule has 0 saturated carbocycles. The van der Waals surface area contributed by atoms with Crippen LogP contribution in [-0.2, 0) is 21.2 Å². The van der Waals surface area contributed by atoms with Gasteiger partial charge in [0.2, 0.25) is 15.9 Å². The summed E-state index contributed by atoms with van der Waals surface area (Å²) in [6.07, 6.45) is 0.182. The lowest BCUT2D eigenvalue weighted by atomic mass is 10.1. The maximum Gasteiger partial charge on any atom is 0.243 e. The summed E-state index contributed by atoms with van der Waals surface area (Å²) in [5.41, 5.74) is 2.15. The molecule has 3 aromatic carbocycles. The molecule has 4 aromatic rings. The Labute approximate surface area is 192 Å². The Bertz CT molecular complexity index is 1330. The van der Waals surface area contributed by atoms with Gasteiger partial charge in [-0.25, -0.2) is 8.42 Å². The predicted octanol–water partition coefficient (Wildman–Crippen LogP) is 3.98. The zero-order valence-corrected chi connectivity index (χ0v) is 19.2. The molecule has 0 unspecified atom stereocenters. The van der Waals surface area contributed by atoms with Gasteiger partial charge in [-0.1, -0.05) is 48.5 Å². The van der Waals surface area contributed by atoms with Gasteiger partial charge in [0.15, 0.2) is 0 Å². The van der Waals surface area contributed by atoms with Gasteiger partial charge in [-0.05, 0) is 52.2 Å². The van der Waals surface area contributed by atoms with E-state index in [1.165, 1.54) is 6.07 Å². The minimum atomic E-state index is -4.04. The highest BCUT2D eigenvalue weighted by molar-refractivity contribution is 9.10. The van der Waals surface area contributed by atoms with Gasteiger partial charge in [-0.2, -0.15) is 13.5 Å². The Hall–Kier alpha value is -2.66. The predicted molar refractivity (Wildman–Crippen MR) is 124 cm³/mol. The summed E-state index contributed by atoms with van der Waals surface area (Å²) in [5.74, 6) is -0.470.